The zero-order chi connectivity index (χ0) is 14.2. The predicted molar refractivity (Wildman–Crippen MR) is 82.8 cm³/mol. The molecule has 0 saturated carbocycles. The molecule has 1 aromatic carbocycles. The molecule has 2 N–H and O–H groups in total. The number of nitrogens with two attached hydrogens (primary N) is 1. The molecule has 0 aliphatic carbocycles. The van der Waals surface area contributed by atoms with E-state index in [1.54, 1.807) is 0 Å². The van der Waals surface area contributed by atoms with Crippen LogP contribution in [0.1, 0.15) is 25.0 Å². The maximum Gasteiger partial charge on any atom is 0.0540 e. The Bertz CT molecular complexity index is 433. The third-order valence-corrected chi connectivity index (χ3v) is 4.51. The van der Waals surface area contributed by atoms with Crippen molar-refractivity contribution in [3.05, 3.63) is 29.3 Å². The van der Waals surface area contributed by atoms with Gasteiger partial charge in [-0.05, 0) is 45.9 Å². The Balaban J connectivity index is 2.41. The van der Waals surface area contributed by atoms with Crippen LogP contribution in [0.25, 0.3) is 0 Å². The highest BCUT2D eigenvalue weighted by atomic mass is 15.3. The third-order valence-electron chi connectivity index (χ3n) is 4.51. The van der Waals surface area contributed by atoms with Gasteiger partial charge < -0.3 is 10.6 Å². The molecule has 1 aliphatic heterocycles. The molecule has 1 aromatic rings. The summed E-state index contributed by atoms with van der Waals surface area (Å²) in [5, 5.41) is 0. The minimum atomic E-state index is 0.181. The largest absolute Gasteiger partial charge is 0.364 e. The summed E-state index contributed by atoms with van der Waals surface area (Å²) in [4.78, 5) is 4.94. The van der Waals surface area contributed by atoms with Crippen molar-refractivity contribution >= 4 is 5.69 Å². The lowest BCUT2D eigenvalue weighted by atomic mass is 9.94. The van der Waals surface area contributed by atoms with Crippen molar-refractivity contribution in [2.24, 2.45) is 5.73 Å². The van der Waals surface area contributed by atoms with Crippen molar-refractivity contribution in [3.63, 3.8) is 0 Å². The van der Waals surface area contributed by atoms with Gasteiger partial charge in [0.25, 0.3) is 0 Å². The van der Waals surface area contributed by atoms with Gasteiger partial charge in [-0.25, -0.2) is 0 Å². The van der Waals surface area contributed by atoms with Crippen molar-refractivity contribution in [2.45, 2.75) is 39.3 Å². The first-order chi connectivity index (χ1) is 8.86. The number of anilines is 1. The second-order valence-electron chi connectivity index (χ2n) is 6.45. The van der Waals surface area contributed by atoms with E-state index >= 15 is 0 Å². The first-order valence-corrected chi connectivity index (χ1v) is 7.11. The Morgan fingerprint density at radius 3 is 2.37 bits per heavy atom. The fraction of sp³-hybridized carbons (Fsp3) is 0.625. The number of hydrogen-bond acceptors (Lipinski definition) is 3. The topological polar surface area (TPSA) is 32.5 Å². The lowest BCUT2D eigenvalue weighted by Crippen LogP contribution is -2.64. The van der Waals surface area contributed by atoms with E-state index in [0.29, 0.717) is 12.6 Å². The van der Waals surface area contributed by atoms with Crippen molar-refractivity contribution in [2.75, 3.05) is 31.6 Å². The molecule has 0 bridgehead atoms. The number of hydrogen-bond donors (Lipinski definition) is 1. The summed E-state index contributed by atoms with van der Waals surface area (Å²) in [6.45, 7) is 11.8. The highest BCUT2D eigenvalue weighted by Gasteiger charge is 2.37. The molecule has 0 amide bonds. The van der Waals surface area contributed by atoms with Crippen LogP contribution in [0.3, 0.4) is 0 Å². The van der Waals surface area contributed by atoms with E-state index in [1.807, 2.05) is 0 Å². The Morgan fingerprint density at radius 2 is 1.84 bits per heavy atom. The average Bonchev–Trinajstić information content (AvgIpc) is 2.32. The molecule has 0 spiro atoms. The second-order valence-corrected chi connectivity index (χ2v) is 6.45. The summed E-state index contributed by atoms with van der Waals surface area (Å²) in [5.41, 5.74) is 10.3. The van der Waals surface area contributed by atoms with Crippen molar-refractivity contribution < 1.29 is 0 Å². The molecule has 1 saturated heterocycles. The number of rotatable bonds is 2. The number of aryl methyl sites for hydroxylation is 2. The Morgan fingerprint density at radius 1 is 1.26 bits per heavy atom. The third kappa shape index (κ3) is 2.63. The molecule has 1 fully saturated rings. The van der Waals surface area contributed by atoms with Crippen LogP contribution < -0.4 is 10.6 Å². The fourth-order valence-electron chi connectivity index (χ4n) is 3.05. The molecule has 1 heterocycles. The second kappa shape index (κ2) is 5.14. The molecular weight excluding hydrogens is 234 g/mol. The number of likely N-dealkylation sites (N-methyl/N-ethyl adjacent to an activating group) is 1. The van der Waals surface area contributed by atoms with E-state index in [4.69, 9.17) is 5.73 Å². The highest BCUT2D eigenvalue weighted by molar-refractivity contribution is 5.60. The van der Waals surface area contributed by atoms with Crippen LogP contribution in [0, 0.1) is 13.8 Å². The number of piperazine rings is 1. The Kier molecular flexibility index (Phi) is 3.88. The molecule has 0 aromatic heterocycles. The molecule has 19 heavy (non-hydrogen) atoms. The first-order valence-electron chi connectivity index (χ1n) is 7.11. The highest BCUT2D eigenvalue weighted by Crippen LogP contribution is 2.32. The monoisotopic (exact) mass is 261 g/mol. The van der Waals surface area contributed by atoms with Gasteiger partial charge in [-0.1, -0.05) is 18.2 Å². The van der Waals surface area contributed by atoms with Crippen LogP contribution >= 0.6 is 0 Å². The van der Waals surface area contributed by atoms with Gasteiger partial charge in [0.2, 0.25) is 0 Å². The molecule has 3 heteroatoms. The number of benzene rings is 1. The molecule has 3 nitrogen and oxygen atoms in total. The predicted octanol–water partition coefficient (Wildman–Crippen LogP) is 2.16. The van der Waals surface area contributed by atoms with E-state index in [1.165, 1.54) is 16.8 Å². The minimum absolute atomic E-state index is 0.181. The Hall–Kier alpha value is -1.06. The lowest BCUT2D eigenvalue weighted by Gasteiger charge is -2.51. The van der Waals surface area contributed by atoms with Gasteiger partial charge in [0.05, 0.1) is 6.04 Å². The maximum atomic E-state index is 6.01. The summed E-state index contributed by atoms with van der Waals surface area (Å²) in [6, 6.07) is 6.92. The van der Waals surface area contributed by atoms with E-state index in [-0.39, 0.29) is 5.54 Å². The molecule has 0 radical (unpaired) electrons. The van der Waals surface area contributed by atoms with Gasteiger partial charge in [-0.3, -0.25) is 4.90 Å². The molecule has 1 aliphatic rings. The SMILES string of the molecule is Cc1cccc(C)c1N1CC(C)(C)N(C)CC1CN. The smallest absolute Gasteiger partial charge is 0.0540 e. The molecule has 106 valence electrons. The average molecular weight is 261 g/mol. The lowest BCUT2D eigenvalue weighted by molar-refractivity contribution is 0.116. The van der Waals surface area contributed by atoms with Crippen LogP contribution in [0.2, 0.25) is 0 Å². The summed E-state index contributed by atoms with van der Waals surface area (Å²) in [6.07, 6.45) is 0. The summed E-state index contributed by atoms with van der Waals surface area (Å²) in [5.74, 6) is 0. The quantitative estimate of drug-likeness (QED) is 0.885. The zero-order valence-corrected chi connectivity index (χ0v) is 12.9. The molecule has 1 unspecified atom stereocenters. The van der Waals surface area contributed by atoms with Crippen LogP contribution in [0.5, 0.6) is 0 Å². The van der Waals surface area contributed by atoms with Crippen LogP contribution in [-0.4, -0.2) is 43.2 Å². The standard InChI is InChI=1S/C16H27N3/c1-12-7-6-8-13(2)15(12)19-11-16(3,4)18(5)10-14(19)9-17/h6-8,14H,9-11,17H2,1-5H3. The van der Waals surface area contributed by atoms with Gasteiger partial charge in [0.1, 0.15) is 0 Å². The fourth-order valence-corrected chi connectivity index (χ4v) is 3.05. The molecule has 2 rings (SSSR count). The molecule has 1 atom stereocenters. The van der Waals surface area contributed by atoms with E-state index in [9.17, 15) is 0 Å². The summed E-state index contributed by atoms with van der Waals surface area (Å²) >= 11 is 0. The van der Waals surface area contributed by atoms with Gasteiger partial charge in [0.15, 0.2) is 0 Å². The molecular formula is C16H27N3. The van der Waals surface area contributed by atoms with E-state index < -0.39 is 0 Å². The Labute approximate surface area is 117 Å². The van der Waals surface area contributed by atoms with Gasteiger partial charge in [-0.15, -0.1) is 0 Å². The van der Waals surface area contributed by atoms with Crippen molar-refractivity contribution in [1.82, 2.24) is 4.90 Å². The summed E-state index contributed by atoms with van der Waals surface area (Å²) in [7, 11) is 2.20. The van der Waals surface area contributed by atoms with Crippen molar-refractivity contribution in [1.29, 1.82) is 0 Å². The van der Waals surface area contributed by atoms with Gasteiger partial charge in [-0.2, -0.15) is 0 Å². The number of para-hydroxylation sites is 1. The van der Waals surface area contributed by atoms with Crippen LogP contribution in [0.15, 0.2) is 18.2 Å². The van der Waals surface area contributed by atoms with E-state index in [0.717, 1.165) is 13.1 Å². The first kappa shape index (κ1) is 14.4. The zero-order valence-electron chi connectivity index (χ0n) is 12.9. The van der Waals surface area contributed by atoms with Gasteiger partial charge in [0, 0.05) is 30.9 Å². The van der Waals surface area contributed by atoms with Crippen molar-refractivity contribution in [3.8, 4) is 0 Å². The maximum absolute atomic E-state index is 6.01. The van der Waals surface area contributed by atoms with Crippen LogP contribution in [-0.2, 0) is 0 Å². The van der Waals surface area contributed by atoms with E-state index in [2.05, 4.69) is 62.7 Å². The van der Waals surface area contributed by atoms with Gasteiger partial charge >= 0.3 is 0 Å². The summed E-state index contributed by atoms with van der Waals surface area (Å²) < 4.78 is 0. The minimum Gasteiger partial charge on any atom is -0.364 e. The normalized spacial score (nSPS) is 23.7. The number of nitrogens with zero attached hydrogens (tertiary/aromatic N) is 2. The van der Waals surface area contributed by atoms with Crippen LogP contribution in [0.4, 0.5) is 5.69 Å².